The second-order valence-corrected chi connectivity index (χ2v) is 5.51. The Morgan fingerprint density at radius 3 is 3.27 bits per heavy atom. The van der Waals surface area contributed by atoms with Crippen LogP contribution < -0.4 is 5.43 Å². The van der Waals surface area contributed by atoms with Crippen molar-refractivity contribution in [2.45, 2.75) is 55.5 Å². The minimum absolute atomic E-state index is 0.633. The first-order valence-electron chi connectivity index (χ1n) is 5.76. The lowest BCUT2D eigenvalue weighted by molar-refractivity contribution is 0.587. The van der Waals surface area contributed by atoms with Gasteiger partial charge in [0.2, 0.25) is 5.16 Å². The maximum Gasteiger partial charge on any atom is 0.210 e. The van der Waals surface area contributed by atoms with Crippen molar-refractivity contribution >= 4 is 11.8 Å². The Balaban J connectivity index is 1.88. The molecule has 2 atom stereocenters. The van der Waals surface area contributed by atoms with Crippen molar-refractivity contribution in [2.24, 2.45) is 0 Å². The third-order valence-corrected chi connectivity index (χ3v) is 4.52. The predicted molar refractivity (Wildman–Crippen MR) is 60.7 cm³/mol. The molecule has 0 spiro atoms. The van der Waals surface area contributed by atoms with Crippen LogP contribution in [-0.2, 0) is 6.42 Å². The lowest BCUT2D eigenvalue weighted by Crippen LogP contribution is -2.38. The van der Waals surface area contributed by atoms with Crippen molar-refractivity contribution in [3.8, 4) is 0 Å². The van der Waals surface area contributed by atoms with Crippen LogP contribution in [0.25, 0.3) is 0 Å². The van der Waals surface area contributed by atoms with Crippen molar-refractivity contribution in [3.05, 3.63) is 5.82 Å². The average molecular weight is 224 g/mol. The molecule has 1 aromatic heterocycles. The van der Waals surface area contributed by atoms with Crippen molar-refractivity contribution in [3.63, 3.8) is 0 Å². The summed E-state index contributed by atoms with van der Waals surface area (Å²) < 4.78 is 2.11. The smallest absolute Gasteiger partial charge is 0.210 e. The number of hydrogen-bond acceptors (Lipinski definition) is 4. The van der Waals surface area contributed by atoms with E-state index in [0.29, 0.717) is 6.04 Å². The van der Waals surface area contributed by atoms with E-state index in [9.17, 15) is 0 Å². The number of aromatic nitrogens is 3. The minimum Gasteiger partial charge on any atom is -0.318 e. The molecule has 1 N–H and O–H groups in total. The topological polar surface area (TPSA) is 42.7 Å². The SMILES string of the molecule is CCCc1nnc2n1NC1CCCC1S2. The lowest BCUT2D eigenvalue weighted by Gasteiger charge is -2.28. The molecule has 1 aromatic rings. The lowest BCUT2D eigenvalue weighted by atomic mass is 10.2. The summed E-state index contributed by atoms with van der Waals surface area (Å²) in [7, 11) is 0. The van der Waals surface area contributed by atoms with E-state index >= 15 is 0 Å². The summed E-state index contributed by atoms with van der Waals surface area (Å²) in [6, 6.07) is 0.633. The summed E-state index contributed by atoms with van der Waals surface area (Å²) in [5.74, 6) is 1.09. The zero-order valence-corrected chi connectivity index (χ0v) is 9.76. The molecule has 0 amide bonds. The zero-order valence-electron chi connectivity index (χ0n) is 8.94. The predicted octanol–water partition coefficient (Wildman–Crippen LogP) is 1.80. The molecule has 15 heavy (non-hydrogen) atoms. The highest BCUT2D eigenvalue weighted by molar-refractivity contribution is 7.99. The van der Waals surface area contributed by atoms with Crippen molar-refractivity contribution < 1.29 is 0 Å². The minimum atomic E-state index is 0.633. The Hall–Kier alpha value is -0.710. The Kier molecular flexibility index (Phi) is 2.35. The highest BCUT2D eigenvalue weighted by atomic mass is 32.2. The van der Waals surface area contributed by atoms with Crippen LogP contribution in [0.1, 0.15) is 38.4 Å². The number of aryl methyl sites for hydroxylation is 1. The molecule has 1 fully saturated rings. The number of hydrogen-bond donors (Lipinski definition) is 1. The highest BCUT2D eigenvalue weighted by Crippen LogP contribution is 2.38. The van der Waals surface area contributed by atoms with E-state index in [1.54, 1.807) is 0 Å². The molecule has 3 rings (SSSR count). The van der Waals surface area contributed by atoms with Crippen LogP contribution in [0.2, 0.25) is 0 Å². The molecule has 2 unspecified atom stereocenters. The van der Waals surface area contributed by atoms with Gasteiger partial charge >= 0.3 is 0 Å². The van der Waals surface area contributed by atoms with Gasteiger partial charge < -0.3 is 5.43 Å². The summed E-state index contributed by atoms with van der Waals surface area (Å²) in [5.41, 5.74) is 3.56. The third-order valence-electron chi connectivity index (χ3n) is 3.18. The first kappa shape index (κ1) is 9.51. The molecule has 5 heteroatoms. The van der Waals surface area contributed by atoms with Gasteiger partial charge in [0.25, 0.3) is 0 Å². The van der Waals surface area contributed by atoms with Gasteiger partial charge in [0.05, 0.1) is 6.04 Å². The Bertz CT molecular complexity index is 362. The van der Waals surface area contributed by atoms with Crippen molar-refractivity contribution in [1.82, 2.24) is 14.9 Å². The number of rotatable bonds is 2. The van der Waals surface area contributed by atoms with Gasteiger partial charge in [-0.2, -0.15) is 0 Å². The summed E-state index contributed by atoms with van der Waals surface area (Å²) in [6.45, 7) is 2.18. The molecule has 0 aromatic carbocycles. The van der Waals surface area contributed by atoms with E-state index in [2.05, 4.69) is 27.2 Å². The van der Waals surface area contributed by atoms with E-state index < -0.39 is 0 Å². The van der Waals surface area contributed by atoms with Gasteiger partial charge in [-0.15, -0.1) is 10.2 Å². The fourth-order valence-corrected chi connectivity index (χ4v) is 3.68. The van der Waals surface area contributed by atoms with Crippen LogP contribution in [0.15, 0.2) is 5.16 Å². The van der Waals surface area contributed by atoms with Gasteiger partial charge in [-0.1, -0.05) is 25.1 Å². The quantitative estimate of drug-likeness (QED) is 0.832. The van der Waals surface area contributed by atoms with Crippen molar-refractivity contribution in [1.29, 1.82) is 0 Å². The number of nitrogens with one attached hydrogen (secondary N) is 1. The molecule has 0 bridgehead atoms. The van der Waals surface area contributed by atoms with Crippen LogP contribution in [0.3, 0.4) is 0 Å². The summed E-state index contributed by atoms with van der Waals surface area (Å²) in [4.78, 5) is 0. The fraction of sp³-hybridized carbons (Fsp3) is 0.800. The Morgan fingerprint density at radius 2 is 2.40 bits per heavy atom. The summed E-state index contributed by atoms with van der Waals surface area (Å²) in [5, 5.41) is 10.3. The second-order valence-electron chi connectivity index (χ2n) is 4.31. The van der Waals surface area contributed by atoms with Gasteiger partial charge in [0.1, 0.15) is 0 Å². The summed E-state index contributed by atoms with van der Waals surface area (Å²) >= 11 is 1.90. The van der Waals surface area contributed by atoms with Crippen LogP contribution >= 0.6 is 11.8 Å². The van der Waals surface area contributed by atoms with Crippen LogP contribution in [0.4, 0.5) is 0 Å². The van der Waals surface area contributed by atoms with E-state index in [1.807, 2.05) is 11.8 Å². The van der Waals surface area contributed by atoms with Gasteiger partial charge in [0, 0.05) is 11.7 Å². The van der Waals surface area contributed by atoms with E-state index in [1.165, 1.54) is 19.3 Å². The van der Waals surface area contributed by atoms with Crippen LogP contribution in [0, 0.1) is 0 Å². The van der Waals surface area contributed by atoms with E-state index in [4.69, 9.17) is 0 Å². The molecule has 0 radical (unpaired) electrons. The standard InChI is InChI=1S/C10H16N4S/c1-2-4-9-11-12-10-14(9)13-7-5-3-6-8(7)15-10/h7-8,13H,2-6H2,1H3. The van der Waals surface area contributed by atoms with Crippen LogP contribution in [-0.4, -0.2) is 26.2 Å². The Morgan fingerprint density at radius 1 is 1.47 bits per heavy atom. The largest absolute Gasteiger partial charge is 0.318 e. The molecule has 4 nitrogen and oxygen atoms in total. The first-order valence-corrected chi connectivity index (χ1v) is 6.64. The van der Waals surface area contributed by atoms with Crippen molar-refractivity contribution in [2.75, 3.05) is 5.43 Å². The second kappa shape index (κ2) is 3.70. The van der Waals surface area contributed by atoms with Gasteiger partial charge in [-0.05, 0) is 19.3 Å². The van der Waals surface area contributed by atoms with Crippen LogP contribution in [0.5, 0.6) is 0 Å². The number of nitrogens with zero attached hydrogens (tertiary/aromatic N) is 3. The molecule has 1 saturated carbocycles. The molecule has 2 heterocycles. The monoisotopic (exact) mass is 224 g/mol. The van der Waals surface area contributed by atoms with Gasteiger partial charge in [-0.25, -0.2) is 4.68 Å². The van der Waals surface area contributed by atoms with Gasteiger partial charge in [-0.3, -0.25) is 0 Å². The third kappa shape index (κ3) is 1.53. The maximum absolute atomic E-state index is 4.25. The molecule has 1 aliphatic carbocycles. The van der Waals surface area contributed by atoms with E-state index in [0.717, 1.165) is 29.1 Å². The first-order chi connectivity index (χ1) is 7.38. The molecule has 0 saturated heterocycles. The molecule has 1 aliphatic heterocycles. The highest BCUT2D eigenvalue weighted by Gasteiger charge is 2.34. The maximum atomic E-state index is 4.25. The molecular weight excluding hydrogens is 208 g/mol. The summed E-state index contributed by atoms with van der Waals surface area (Å²) in [6.07, 6.45) is 6.09. The number of thioether (sulfide) groups is 1. The van der Waals surface area contributed by atoms with Gasteiger partial charge in [0.15, 0.2) is 5.82 Å². The zero-order chi connectivity index (χ0) is 10.3. The normalized spacial score (nSPS) is 28.3. The average Bonchev–Trinajstić information content (AvgIpc) is 2.82. The fourth-order valence-electron chi connectivity index (χ4n) is 2.41. The molecule has 2 aliphatic rings. The molecule has 82 valence electrons. The Labute approximate surface area is 93.8 Å². The molecular formula is C10H16N4S. The number of fused-ring (bicyclic) bond motifs is 2. The van der Waals surface area contributed by atoms with E-state index in [-0.39, 0.29) is 0 Å².